The lowest BCUT2D eigenvalue weighted by Gasteiger charge is -2.31. The van der Waals surface area contributed by atoms with Gasteiger partial charge in [0, 0.05) is 18.5 Å². The van der Waals surface area contributed by atoms with Crippen molar-refractivity contribution in [1.29, 1.82) is 0 Å². The number of carbonyl (C=O) groups is 1. The van der Waals surface area contributed by atoms with Crippen molar-refractivity contribution in [2.75, 3.05) is 26.3 Å². The number of quaternary nitrogens is 1. The van der Waals surface area contributed by atoms with E-state index >= 15 is 0 Å². The van der Waals surface area contributed by atoms with Gasteiger partial charge in [-0.1, -0.05) is 29.8 Å². The number of nitrogens with one attached hydrogen (secondary N) is 1. The fourth-order valence-electron chi connectivity index (χ4n) is 2.49. The monoisotopic (exact) mass is 249 g/mol. The molecule has 1 atom stereocenters. The van der Waals surface area contributed by atoms with Crippen LogP contribution in [0, 0.1) is 6.92 Å². The summed E-state index contributed by atoms with van der Waals surface area (Å²) in [5.41, 5.74) is 2.60. The van der Waals surface area contributed by atoms with Crippen LogP contribution in [-0.2, 0) is 11.3 Å². The van der Waals surface area contributed by atoms with E-state index in [0.29, 0.717) is 0 Å². The van der Waals surface area contributed by atoms with Gasteiger partial charge in [0.2, 0.25) is 0 Å². The molecule has 0 radical (unpaired) electrons. The Balaban J connectivity index is 1.89. The second kappa shape index (κ2) is 5.98. The minimum Gasteiger partial charge on any atom is -0.480 e. The predicted molar refractivity (Wildman–Crippen MR) is 69.4 cm³/mol. The zero-order valence-electron chi connectivity index (χ0n) is 10.9. The molecule has 0 amide bonds. The van der Waals surface area contributed by atoms with E-state index in [1.54, 1.807) is 0 Å². The maximum Gasteiger partial charge on any atom is 0.317 e. The van der Waals surface area contributed by atoms with Crippen LogP contribution in [0.2, 0.25) is 0 Å². The Morgan fingerprint density at radius 2 is 2.11 bits per heavy atom. The van der Waals surface area contributed by atoms with E-state index in [0.717, 1.165) is 32.7 Å². The number of benzene rings is 1. The van der Waals surface area contributed by atoms with Crippen LogP contribution in [0.5, 0.6) is 0 Å². The lowest BCUT2D eigenvalue weighted by atomic mass is 10.1. The zero-order valence-corrected chi connectivity index (χ0v) is 10.9. The Morgan fingerprint density at radius 1 is 1.39 bits per heavy atom. The lowest BCUT2D eigenvalue weighted by Crippen LogP contribution is -3.13. The Kier molecular flexibility index (Phi) is 4.33. The van der Waals surface area contributed by atoms with Crippen molar-refractivity contribution in [1.82, 2.24) is 4.90 Å². The maximum atomic E-state index is 10.7. The molecule has 4 heteroatoms. The van der Waals surface area contributed by atoms with E-state index in [-0.39, 0.29) is 6.54 Å². The van der Waals surface area contributed by atoms with Gasteiger partial charge in [0.05, 0.1) is 6.54 Å². The van der Waals surface area contributed by atoms with Gasteiger partial charge in [-0.25, -0.2) is 4.90 Å². The average Bonchev–Trinajstić information content (AvgIpc) is 2.32. The zero-order chi connectivity index (χ0) is 13.0. The highest BCUT2D eigenvalue weighted by molar-refractivity contribution is 5.69. The number of aryl methyl sites for hydroxylation is 1. The molecule has 1 aromatic rings. The van der Waals surface area contributed by atoms with E-state index < -0.39 is 5.97 Å². The van der Waals surface area contributed by atoms with Crippen LogP contribution in [0.4, 0.5) is 0 Å². The first-order valence-corrected chi connectivity index (χ1v) is 6.47. The molecule has 0 bridgehead atoms. The van der Waals surface area contributed by atoms with Crippen molar-refractivity contribution in [3.05, 3.63) is 35.4 Å². The molecule has 0 aliphatic carbocycles. The second-order valence-corrected chi connectivity index (χ2v) is 5.12. The van der Waals surface area contributed by atoms with Gasteiger partial charge < -0.3 is 10.0 Å². The summed E-state index contributed by atoms with van der Waals surface area (Å²) >= 11 is 0. The van der Waals surface area contributed by atoms with E-state index in [1.165, 1.54) is 16.0 Å². The lowest BCUT2D eigenvalue weighted by molar-refractivity contribution is -0.929. The molecule has 2 N–H and O–H groups in total. The number of hydrogen-bond donors (Lipinski definition) is 2. The molecule has 1 aliphatic heterocycles. The highest BCUT2D eigenvalue weighted by Crippen LogP contribution is 2.02. The summed E-state index contributed by atoms with van der Waals surface area (Å²) in [6, 6.07) is 8.60. The fraction of sp³-hybridized carbons (Fsp3) is 0.500. The molecule has 98 valence electrons. The summed E-state index contributed by atoms with van der Waals surface area (Å²) in [7, 11) is 0. The van der Waals surface area contributed by atoms with Gasteiger partial charge in [0.25, 0.3) is 0 Å². The molecule has 0 aromatic heterocycles. The van der Waals surface area contributed by atoms with Gasteiger partial charge in [0.1, 0.15) is 19.8 Å². The molecule has 4 nitrogen and oxygen atoms in total. The van der Waals surface area contributed by atoms with Crippen molar-refractivity contribution in [2.45, 2.75) is 19.9 Å². The van der Waals surface area contributed by atoms with E-state index in [9.17, 15) is 4.79 Å². The number of aliphatic carboxylic acids is 1. The van der Waals surface area contributed by atoms with Crippen molar-refractivity contribution >= 4 is 5.97 Å². The van der Waals surface area contributed by atoms with Crippen molar-refractivity contribution in [2.24, 2.45) is 0 Å². The number of hydrogen-bond acceptors (Lipinski definition) is 2. The summed E-state index contributed by atoms with van der Waals surface area (Å²) in [5.74, 6) is -0.730. The number of carboxylic acids is 1. The smallest absolute Gasteiger partial charge is 0.317 e. The highest BCUT2D eigenvalue weighted by atomic mass is 16.4. The predicted octanol–water partition coefficient (Wildman–Crippen LogP) is 0.128. The van der Waals surface area contributed by atoms with Crippen molar-refractivity contribution in [3.63, 3.8) is 0 Å². The van der Waals surface area contributed by atoms with Crippen LogP contribution in [0.25, 0.3) is 0 Å². The quantitative estimate of drug-likeness (QED) is 0.797. The van der Waals surface area contributed by atoms with Gasteiger partial charge in [0.15, 0.2) is 0 Å². The van der Waals surface area contributed by atoms with Gasteiger partial charge >= 0.3 is 5.97 Å². The Labute approximate surface area is 108 Å². The summed E-state index contributed by atoms with van der Waals surface area (Å²) in [6.45, 7) is 6.10. The fourth-order valence-corrected chi connectivity index (χ4v) is 2.49. The van der Waals surface area contributed by atoms with Crippen LogP contribution in [0.15, 0.2) is 24.3 Å². The molecular formula is C14H21N2O2+. The number of rotatable bonds is 4. The summed E-state index contributed by atoms with van der Waals surface area (Å²) in [6.07, 6.45) is 1.08. The van der Waals surface area contributed by atoms with Crippen molar-refractivity contribution < 1.29 is 14.8 Å². The molecule has 1 heterocycles. The first-order valence-electron chi connectivity index (χ1n) is 6.47. The minimum atomic E-state index is -0.730. The summed E-state index contributed by atoms with van der Waals surface area (Å²) in [4.78, 5) is 14.2. The molecular weight excluding hydrogens is 228 g/mol. The Morgan fingerprint density at radius 3 is 2.78 bits per heavy atom. The standard InChI is InChI=1S/C14H20N2O2/c1-12-3-5-13(6-4-12)9-15-7-2-8-16(11-15)10-14(17)18/h3-6H,2,7-11H2,1H3,(H,17,18)/p+1. The van der Waals surface area contributed by atoms with Gasteiger partial charge in [-0.05, 0) is 6.92 Å². The van der Waals surface area contributed by atoms with Gasteiger partial charge in [-0.2, -0.15) is 0 Å². The third kappa shape index (κ3) is 3.82. The van der Waals surface area contributed by atoms with Crippen LogP contribution in [0.3, 0.4) is 0 Å². The number of carboxylic acid groups (broad SMARTS) is 1. The van der Waals surface area contributed by atoms with E-state index in [4.69, 9.17) is 5.11 Å². The van der Waals surface area contributed by atoms with Crippen LogP contribution >= 0.6 is 0 Å². The largest absolute Gasteiger partial charge is 0.480 e. The topological polar surface area (TPSA) is 45.0 Å². The molecule has 0 spiro atoms. The average molecular weight is 249 g/mol. The first-order chi connectivity index (χ1) is 8.63. The second-order valence-electron chi connectivity index (χ2n) is 5.12. The SMILES string of the molecule is Cc1ccc(C[NH+]2CCCN(CC(=O)O)C2)cc1. The molecule has 0 saturated carbocycles. The first kappa shape index (κ1) is 13.1. The third-order valence-corrected chi connectivity index (χ3v) is 3.39. The summed E-state index contributed by atoms with van der Waals surface area (Å²) in [5, 5.41) is 8.82. The Hall–Kier alpha value is -1.39. The maximum absolute atomic E-state index is 10.7. The van der Waals surface area contributed by atoms with E-state index in [2.05, 4.69) is 31.2 Å². The third-order valence-electron chi connectivity index (χ3n) is 3.39. The van der Waals surface area contributed by atoms with Crippen LogP contribution < -0.4 is 4.90 Å². The molecule has 1 fully saturated rings. The van der Waals surface area contributed by atoms with Gasteiger partial charge in [-0.3, -0.25) is 4.79 Å². The van der Waals surface area contributed by atoms with Crippen molar-refractivity contribution in [3.8, 4) is 0 Å². The molecule has 1 aliphatic rings. The molecule has 18 heavy (non-hydrogen) atoms. The molecule has 1 aromatic carbocycles. The summed E-state index contributed by atoms with van der Waals surface area (Å²) < 4.78 is 0. The van der Waals surface area contributed by atoms with E-state index in [1.807, 2.05) is 4.90 Å². The van der Waals surface area contributed by atoms with Gasteiger partial charge in [-0.15, -0.1) is 0 Å². The number of nitrogens with zero attached hydrogens (tertiary/aromatic N) is 1. The molecule has 1 unspecified atom stereocenters. The normalized spacial score (nSPS) is 20.8. The molecule has 1 saturated heterocycles. The molecule has 2 rings (SSSR count). The minimum absolute atomic E-state index is 0.164. The highest BCUT2D eigenvalue weighted by Gasteiger charge is 2.22. The van der Waals surface area contributed by atoms with Crippen LogP contribution in [0.1, 0.15) is 17.5 Å². The Bertz CT molecular complexity index is 403. The van der Waals surface area contributed by atoms with Crippen LogP contribution in [-0.4, -0.2) is 42.3 Å².